The van der Waals surface area contributed by atoms with Gasteiger partial charge in [0.25, 0.3) is 0 Å². The number of imidazole rings is 1. The molecule has 0 aliphatic rings. The van der Waals surface area contributed by atoms with E-state index in [4.69, 9.17) is 5.73 Å². The van der Waals surface area contributed by atoms with Gasteiger partial charge >= 0.3 is 0 Å². The van der Waals surface area contributed by atoms with Gasteiger partial charge in [0, 0.05) is 6.07 Å². The summed E-state index contributed by atoms with van der Waals surface area (Å²) in [7, 11) is 0. The van der Waals surface area contributed by atoms with Crippen LogP contribution in [0.4, 0.5) is 10.3 Å². The highest BCUT2D eigenvalue weighted by Crippen LogP contribution is 2.26. The van der Waals surface area contributed by atoms with Gasteiger partial charge in [0.2, 0.25) is 5.95 Å². The van der Waals surface area contributed by atoms with E-state index in [2.05, 4.69) is 18.0 Å². The second-order valence-corrected chi connectivity index (χ2v) is 4.82. The first kappa shape index (κ1) is 12.7. The Labute approximate surface area is 116 Å². The fourth-order valence-electron chi connectivity index (χ4n) is 2.53. The molecule has 102 valence electrons. The molecule has 0 spiro atoms. The zero-order valence-electron chi connectivity index (χ0n) is 11.3. The van der Waals surface area contributed by atoms with Gasteiger partial charge in [0.05, 0.1) is 16.7 Å². The molecule has 0 aliphatic heterocycles. The first-order valence-corrected chi connectivity index (χ1v) is 6.72. The predicted molar refractivity (Wildman–Crippen MR) is 79.4 cm³/mol. The third-order valence-electron chi connectivity index (χ3n) is 3.39. The molecule has 0 aliphatic carbocycles. The molecular formula is C16H16FN3. The lowest BCUT2D eigenvalue weighted by molar-refractivity contribution is 0.629. The van der Waals surface area contributed by atoms with Crippen LogP contribution in [0, 0.1) is 5.82 Å². The Morgan fingerprint density at radius 2 is 2.00 bits per heavy atom. The molecule has 0 saturated heterocycles. The molecule has 0 bridgehead atoms. The van der Waals surface area contributed by atoms with Gasteiger partial charge in [0.1, 0.15) is 5.82 Å². The number of aryl methyl sites for hydroxylation is 1. The monoisotopic (exact) mass is 269 g/mol. The van der Waals surface area contributed by atoms with Crippen molar-refractivity contribution in [1.29, 1.82) is 0 Å². The minimum atomic E-state index is -0.286. The third-order valence-corrected chi connectivity index (χ3v) is 3.39. The van der Waals surface area contributed by atoms with Gasteiger partial charge in [0.15, 0.2) is 0 Å². The van der Waals surface area contributed by atoms with Crippen molar-refractivity contribution in [3.8, 4) is 5.69 Å². The van der Waals surface area contributed by atoms with Crippen LogP contribution in [-0.4, -0.2) is 9.55 Å². The summed E-state index contributed by atoms with van der Waals surface area (Å²) in [5.41, 5.74) is 9.59. The Hall–Kier alpha value is -2.36. The predicted octanol–water partition coefficient (Wildman–Crippen LogP) is 3.70. The van der Waals surface area contributed by atoms with E-state index in [9.17, 15) is 4.39 Å². The summed E-state index contributed by atoms with van der Waals surface area (Å²) >= 11 is 0. The van der Waals surface area contributed by atoms with E-state index in [1.54, 1.807) is 6.07 Å². The quantitative estimate of drug-likeness (QED) is 0.788. The average molecular weight is 269 g/mol. The molecule has 20 heavy (non-hydrogen) atoms. The summed E-state index contributed by atoms with van der Waals surface area (Å²) in [5.74, 6) is 0.0979. The van der Waals surface area contributed by atoms with Gasteiger partial charge in [-0.2, -0.15) is 0 Å². The molecule has 1 heterocycles. The summed E-state index contributed by atoms with van der Waals surface area (Å²) in [6.45, 7) is 2.13. The normalized spacial score (nSPS) is 11.1. The van der Waals surface area contributed by atoms with Gasteiger partial charge < -0.3 is 5.73 Å². The highest BCUT2D eigenvalue weighted by molar-refractivity contribution is 5.81. The zero-order valence-corrected chi connectivity index (χ0v) is 11.3. The fraction of sp³-hybridized carbons (Fsp3) is 0.188. The number of nitrogens with two attached hydrogens (primary N) is 1. The number of hydrogen-bond donors (Lipinski definition) is 1. The second-order valence-electron chi connectivity index (χ2n) is 4.82. The maximum Gasteiger partial charge on any atom is 0.205 e. The van der Waals surface area contributed by atoms with Gasteiger partial charge in [-0.3, -0.25) is 4.57 Å². The average Bonchev–Trinajstić information content (AvgIpc) is 2.75. The highest BCUT2D eigenvalue weighted by Gasteiger charge is 2.13. The minimum Gasteiger partial charge on any atom is -0.369 e. The van der Waals surface area contributed by atoms with E-state index in [0.29, 0.717) is 17.0 Å². The van der Waals surface area contributed by atoms with Crippen molar-refractivity contribution < 1.29 is 4.39 Å². The van der Waals surface area contributed by atoms with Crippen molar-refractivity contribution in [3.63, 3.8) is 0 Å². The molecule has 0 radical (unpaired) electrons. The van der Waals surface area contributed by atoms with Crippen LogP contribution in [0.3, 0.4) is 0 Å². The first-order chi connectivity index (χ1) is 9.70. The summed E-state index contributed by atoms with van der Waals surface area (Å²) < 4.78 is 15.3. The number of para-hydroxylation sites is 1. The van der Waals surface area contributed by atoms with Crippen molar-refractivity contribution in [2.45, 2.75) is 19.8 Å². The van der Waals surface area contributed by atoms with Crippen LogP contribution in [0.1, 0.15) is 18.9 Å². The van der Waals surface area contributed by atoms with E-state index in [0.717, 1.165) is 18.5 Å². The fourth-order valence-corrected chi connectivity index (χ4v) is 2.53. The molecule has 0 amide bonds. The Morgan fingerprint density at radius 1 is 1.20 bits per heavy atom. The molecular weight excluding hydrogens is 253 g/mol. The number of nitrogens with zero attached hydrogens (tertiary/aromatic N) is 2. The van der Waals surface area contributed by atoms with E-state index in [-0.39, 0.29) is 5.82 Å². The van der Waals surface area contributed by atoms with Gasteiger partial charge in [-0.05, 0) is 30.2 Å². The summed E-state index contributed by atoms with van der Waals surface area (Å²) in [6.07, 6.45) is 1.99. The van der Waals surface area contributed by atoms with Crippen molar-refractivity contribution in [1.82, 2.24) is 9.55 Å². The minimum absolute atomic E-state index is 0.286. The number of nitrogen functional groups attached to an aromatic ring is 1. The number of rotatable bonds is 3. The van der Waals surface area contributed by atoms with E-state index in [1.807, 2.05) is 22.8 Å². The SMILES string of the molecule is CCCc1ccccc1-n1c(N)nc2ccc(F)cc21. The van der Waals surface area contributed by atoms with Gasteiger partial charge in [-0.1, -0.05) is 31.5 Å². The van der Waals surface area contributed by atoms with Crippen molar-refractivity contribution in [3.05, 3.63) is 53.8 Å². The van der Waals surface area contributed by atoms with Crippen molar-refractivity contribution in [2.75, 3.05) is 5.73 Å². The lowest BCUT2D eigenvalue weighted by Crippen LogP contribution is -2.04. The number of halogens is 1. The maximum atomic E-state index is 13.5. The maximum absolute atomic E-state index is 13.5. The van der Waals surface area contributed by atoms with Crippen LogP contribution >= 0.6 is 0 Å². The molecule has 1 aromatic heterocycles. The van der Waals surface area contributed by atoms with Crippen LogP contribution in [-0.2, 0) is 6.42 Å². The molecule has 3 rings (SSSR count). The largest absolute Gasteiger partial charge is 0.369 e. The number of benzene rings is 2. The molecule has 0 atom stereocenters. The summed E-state index contributed by atoms with van der Waals surface area (Å²) in [4.78, 5) is 4.31. The molecule has 0 fully saturated rings. The molecule has 2 aromatic carbocycles. The van der Waals surface area contributed by atoms with Crippen molar-refractivity contribution >= 4 is 17.0 Å². The lowest BCUT2D eigenvalue weighted by atomic mass is 10.1. The number of aromatic nitrogens is 2. The van der Waals surface area contributed by atoms with Crippen LogP contribution in [0.2, 0.25) is 0 Å². The molecule has 4 heteroatoms. The first-order valence-electron chi connectivity index (χ1n) is 6.72. The molecule has 3 nitrogen and oxygen atoms in total. The van der Waals surface area contributed by atoms with Crippen LogP contribution < -0.4 is 5.73 Å². The van der Waals surface area contributed by atoms with Crippen LogP contribution in [0.15, 0.2) is 42.5 Å². The Morgan fingerprint density at radius 3 is 2.80 bits per heavy atom. The topological polar surface area (TPSA) is 43.8 Å². The number of fused-ring (bicyclic) bond motifs is 1. The smallest absolute Gasteiger partial charge is 0.205 e. The van der Waals surface area contributed by atoms with E-state index < -0.39 is 0 Å². The van der Waals surface area contributed by atoms with E-state index in [1.165, 1.54) is 17.7 Å². The Bertz CT molecular complexity index is 762. The molecule has 3 aromatic rings. The van der Waals surface area contributed by atoms with E-state index >= 15 is 0 Å². The highest BCUT2D eigenvalue weighted by atomic mass is 19.1. The van der Waals surface area contributed by atoms with Crippen LogP contribution in [0.25, 0.3) is 16.7 Å². The second kappa shape index (κ2) is 4.96. The standard InChI is InChI=1S/C16H16FN3/c1-2-5-11-6-3-4-7-14(11)20-15-10-12(17)8-9-13(15)19-16(20)18/h3-4,6-10H,2,5H2,1H3,(H2,18,19). The lowest BCUT2D eigenvalue weighted by Gasteiger charge is -2.12. The van der Waals surface area contributed by atoms with Crippen LogP contribution in [0.5, 0.6) is 0 Å². The summed E-state index contributed by atoms with van der Waals surface area (Å²) in [5, 5.41) is 0. The van der Waals surface area contributed by atoms with Crippen molar-refractivity contribution in [2.24, 2.45) is 0 Å². The Balaban J connectivity index is 2.29. The van der Waals surface area contributed by atoms with Gasteiger partial charge in [-0.25, -0.2) is 9.37 Å². The molecule has 2 N–H and O–H groups in total. The zero-order chi connectivity index (χ0) is 14.1. The number of hydrogen-bond acceptors (Lipinski definition) is 2. The number of anilines is 1. The Kier molecular flexibility index (Phi) is 3.14. The molecule has 0 saturated carbocycles. The van der Waals surface area contributed by atoms with Gasteiger partial charge in [-0.15, -0.1) is 0 Å². The third kappa shape index (κ3) is 2.03. The molecule has 0 unspecified atom stereocenters. The summed E-state index contributed by atoms with van der Waals surface area (Å²) in [6, 6.07) is 12.6.